The number of rotatable bonds is 4. The predicted molar refractivity (Wildman–Crippen MR) is 78.1 cm³/mol. The first kappa shape index (κ1) is 15.1. The van der Waals surface area contributed by atoms with Crippen LogP contribution in [-0.2, 0) is 16.0 Å². The van der Waals surface area contributed by atoms with Crippen LogP contribution in [-0.4, -0.2) is 13.1 Å². The maximum atomic E-state index is 11.3. The van der Waals surface area contributed by atoms with Gasteiger partial charge in [-0.05, 0) is 29.8 Å². The number of carbonyl (C=O) groups is 1. The third kappa shape index (κ3) is 3.41. The maximum absolute atomic E-state index is 11.3. The van der Waals surface area contributed by atoms with Crippen LogP contribution in [0.25, 0.3) is 0 Å². The minimum atomic E-state index is -0.354. The summed E-state index contributed by atoms with van der Waals surface area (Å²) in [7, 11) is 1.32. The van der Waals surface area contributed by atoms with Gasteiger partial charge in [-0.3, -0.25) is 4.79 Å². The number of hydrogen-bond acceptors (Lipinski definition) is 5. The highest BCUT2D eigenvalue weighted by molar-refractivity contribution is 5.72. The number of esters is 1. The van der Waals surface area contributed by atoms with Gasteiger partial charge in [0.15, 0.2) is 5.75 Å². The normalized spacial score (nSPS) is 9.41. The van der Waals surface area contributed by atoms with Gasteiger partial charge in [0.2, 0.25) is 0 Å². The van der Waals surface area contributed by atoms with E-state index in [4.69, 9.17) is 15.3 Å². The molecule has 0 aliphatic carbocycles. The van der Waals surface area contributed by atoms with Crippen molar-refractivity contribution in [2.24, 2.45) is 0 Å². The lowest BCUT2D eigenvalue weighted by Crippen LogP contribution is -2.04. The van der Waals surface area contributed by atoms with Gasteiger partial charge in [0, 0.05) is 0 Å². The third-order valence-electron chi connectivity index (χ3n) is 2.95. The van der Waals surface area contributed by atoms with E-state index in [0.717, 1.165) is 5.56 Å². The number of ether oxygens (including phenoxy) is 2. The summed E-state index contributed by atoms with van der Waals surface area (Å²) in [4.78, 5) is 11.3. The molecule has 0 atom stereocenters. The molecule has 0 radical (unpaired) electrons. The van der Waals surface area contributed by atoms with Crippen LogP contribution in [0.3, 0.4) is 0 Å². The number of nitriles is 2. The summed E-state index contributed by atoms with van der Waals surface area (Å²) in [6, 6.07) is 15.6. The smallest absolute Gasteiger partial charge is 0.309 e. The first-order chi connectivity index (χ1) is 10.7. The Bertz CT molecular complexity index is 753. The lowest BCUT2D eigenvalue weighted by Gasteiger charge is -2.10. The van der Waals surface area contributed by atoms with E-state index >= 15 is 0 Å². The molecule has 5 heteroatoms. The number of para-hydroxylation sites is 1. The Morgan fingerprint density at radius 1 is 1.09 bits per heavy atom. The Kier molecular flexibility index (Phi) is 4.74. The minimum absolute atomic E-state index is 0.124. The Balaban J connectivity index is 2.33. The molecule has 0 aromatic heterocycles. The number of hydrogen-bond donors (Lipinski definition) is 0. The van der Waals surface area contributed by atoms with Gasteiger partial charge in [0.1, 0.15) is 17.9 Å². The van der Waals surface area contributed by atoms with Crippen molar-refractivity contribution in [1.82, 2.24) is 0 Å². The fourth-order valence-corrected chi connectivity index (χ4v) is 1.90. The topological polar surface area (TPSA) is 83.1 Å². The quantitative estimate of drug-likeness (QED) is 0.809. The van der Waals surface area contributed by atoms with Crippen LogP contribution in [0.2, 0.25) is 0 Å². The molecule has 0 unspecified atom stereocenters. The van der Waals surface area contributed by atoms with Crippen molar-refractivity contribution < 1.29 is 14.3 Å². The Morgan fingerprint density at radius 2 is 1.73 bits per heavy atom. The molecule has 0 N–H and O–H groups in total. The first-order valence-electron chi connectivity index (χ1n) is 6.44. The predicted octanol–water partition coefficient (Wildman–Crippen LogP) is 2.94. The maximum Gasteiger partial charge on any atom is 0.309 e. The standard InChI is InChI=1S/C17H12N2O3/c1-21-16(20)9-12-4-2-7-15(8-12)22-17-13(10-18)5-3-6-14(17)11-19/h2-8H,9H2,1H3. The molecule has 2 aromatic rings. The Hall–Kier alpha value is -3.31. The van der Waals surface area contributed by atoms with Gasteiger partial charge in [-0.1, -0.05) is 18.2 Å². The molecule has 2 rings (SSSR count). The van der Waals surface area contributed by atoms with Crippen molar-refractivity contribution in [1.29, 1.82) is 10.5 Å². The average Bonchev–Trinajstić information content (AvgIpc) is 2.55. The molecule has 0 saturated carbocycles. The van der Waals surface area contributed by atoms with Crippen molar-refractivity contribution in [3.63, 3.8) is 0 Å². The molecule has 0 fully saturated rings. The summed E-state index contributed by atoms with van der Waals surface area (Å²) in [6.07, 6.45) is 0.124. The molecule has 0 spiro atoms. The lowest BCUT2D eigenvalue weighted by molar-refractivity contribution is -0.139. The molecule has 0 heterocycles. The molecule has 0 bridgehead atoms. The zero-order valence-corrected chi connectivity index (χ0v) is 11.9. The first-order valence-corrected chi connectivity index (χ1v) is 6.44. The van der Waals surface area contributed by atoms with Gasteiger partial charge in [0.05, 0.1) is 24.7 Å². The van der Waals surface area contributed by atoms with Gasteiger partial charge in [0.25, 0.3) is 0 Å². The van der Waals surface area contributed by atoms with Crippen molar-refractivity contribution in [2.75, 3.05) is 7.11 Å². The molecule has 0 amide bonds. The van der Waals surface area contributed by atoms with Crippen LogP contribution < -0.4 is 4.74 Å². The van der Waals surface area contributed by atoms with E-state index in [2.05, 4.69) is 4.74 Å². The van der Waals surface area contributed by atoms with Gasteiger partial charge in [-0.15, -0.1) is 0 Å². The van der Waals surface area contributed by atoms with Crippen LogP contribution >= 0.6 is 0 Å². The highest BCUT2D eigenvalue weighted by Crippen LogP contribution is 2.29. The van der Waals surface area contributed by atoms with Crippen LogP contribution in [0.4, 0.5) is 0 Å². The lowest BCUT2D eigenvalue weighted by atomic mass is 10.1. The van der Waals surface area contributed by atoms with E-state index in [1.807, 2.05) is 12.1 Å². The molecule has 2 aromatic carbocycles. The Morgan fingerprint density at radius 3 is 2.32 bits per heavy atom. The van der Waals surface area contributed by atoms with Crippen LogP contribution in [0.5, 0.6) is 11.5 Å². The van der Waals surface area contributed by atoms with Crippen LogP contribution in [0.15, 0.2) is 42.5 Å². The van der Waals surface area contributed by atoms with Gasteiger partial charge in [-0.2, -0.15) is 10.5 Å². The van der Waals surface area contributed by atoms with E-state index < -0.39 is 0 Å². The summed E-state index contributed by atoms with van der Waals surface area (Å²) in [5, 5.41) is 18.2. The summed E-state index contributed by atoms with van der Waals surface area (Å²) < 4.78 is 10.3. The summed E-state index contributed by atoms with van der Waals surface area (Å²) in [5.41, 5.74) is 1.27. The van der Waals surface area contributed by atoms with Gasteiger partial charge < -0.3 is 9.47 Å². The molecule has 0 aliphatic heterocycles. The number of methoxy groups -OCH3 is 1. The summed E-state index contributed by atoms with van der Waals surface area (Å²) >= 11 is 0. The van der Waals surface area contributed by atoms with Crippen molar-refractivity contribution in [3.8, 4) is 23.6 Å². The molecular formula is C17H12N2O3. The van der Waals surface area contributed by atoms with Crippen molar-refractivity contribution in [3.05, 3.63) is 59.2 Å². The summed E-state index contributed by atoms with van der Waals surface area (Å²) in [6.45, 7) is 0. The monoisotopic (exact) mass is 292 g/mol. The van der Waals surface area contributed by atoms with E-state index in [-0.39, 0.29) is 29.3 Å². The number of benzene rings is 2. The molecule has 22 heavy (non-hydrogen) atoms. The molecule has 5 nitrogen and oxygen atoms in total. The molecule has 108 valence electrons. The van der Waals surface area contributed by atoms with Gasteiger partial charge in [-0.25, -0.2) is 0 Å². The van der Waals surface area contributed by atoms with E-state index in [1.54, 1.807) is 42.5 Å². The highest BCUT2D eigenvalue weighted by atomic mass is 16.5. The number of nitrogens with zero attached hydrogens (tertiary/aromatic N) is 2. The SMILES string of the molecule is COC(=O)Cc1cccc(Oc2c(C#N)cccc2C#N)c1. The molecular weight excluding hydrogens is 280 g/mol. The zero-order chi connectivity index (χ0) is 15.9. The second-order valence-corrected chi connectivity index (χ2v) is 4.41. The molecule has 0 aliphatic rings. The second-order valence-electron chi connectivity index (χ2n) is 4.41. The van der Waals surface area contributed by atoms with E-state index in [0.29, 0.717) is 5.75 Å². The van der Waals surface area contributed by atoms with Crippen LogP contribution in [0.1, 0.15) is 16.7 Å². The minimum Gasteiger partial charge on any atom is -0.469 e. The Labute approximate surface area is 127 Å². The fourth-order valence-electron chi connectivity index (χ4n) is 1.90. The fraction of sp³-hybridized carbons (Fsp3) is 0.118. The van der Waals surface area contributed by atoms with Crippen molar-refractivity contribution in [2.45, 2.75) is 6.42 Å². The summed E-state index contributed by atoms with van der Waals surface area (Å²) in [5.74, 6) is 0.301. The number of carbonyl (C=O) groups excluding carboxylic acids is 1. The zero-order valence-electron chi connectivity index (χ0n) is 11.9. The van der Waals surface area contributed by atoms with Crippen LogP contribution in [0, 0.1) is 22.7 Å². The highest BCUT2D eigenvalue weighted by Gasteiger charge is 2.11. The van der Waals surface area contributed by atoms with Gasteiger partial charge >= 0.3 is 5.97 Å². The third-order valence-corrected chi connectivity index (χ3v) is 2.95. The van der Waals surface area contributed by atoms with E-state index in [9.17, 15) is 4.79 Å². The largest absolute Gasteiger partial charge is 0.469 e. The van der Waals surface area contributed by atoms with E-state index in [1.165, 1.54) is 7.11 Å². The second kappa shape index (κ2) is 6.92. The van der Waals surface area contributed by atoms with Crippen molar-refractivity contribution >= 4 is 5.97 Å². The average molecular weight is 292 g/mol. The molecule has 0 saturated heterocycles.